The molecule has 1 amide bonds. The van der Waals surface area contributed by atoms with Crippen LogP contribution in [0.3, 0.4) is 0 Å². The molecule has 1 fully saturated rings. The fourth-order valence-electron chi connectivity index (χ4n) is 5.90. The second-order valence-corrected chi connectivity index (χ2v) is 12.6. The van der Waals surface area contributed by atoms with Gasteiger partial charge < -0.3 is 20.1 Å². The van der Waals surface area contributed by atoms with Gasteiger partial charge in [-0.05, 0) is 52.9 Å². The van der Waals surface area contributed by atoms with Gasteiger partial charge in [0, 0.05) is 42.0 Å². The number of benzene rings is 2. The van der Waals surface area contributed by atoms with Crippen LogP contribution in [0.5, 0.6) is 0 Å². The molecule has 5 heterocycles. The number of halogens is 1. The molecule has 7 rings (SSSR count). The summed E-state index contributed by atoms with van der Waals surface area (Å²) in [5.41, 5.74) is 3.35. The predicted octanol–water partition coefficient (Wildman–Crippen LogP) is 4.64. The van der Waals surface area contributed by atoms with Crippen molar-refractivity contribution in [3.05, 3.63) is 106 Å². The van der Waals surface area contributed by atoms with E-state index in [-0.39, 0.29) is 16.7 Å². The molecule has 48 heavy (non-hydrogen) atoms. The molecule has 244 valence electrons. The van der Waals surface area contributed by atoms with E-state index in [0.717, 1.165) is 10.2 Å². The molecular formula is C35H33FN8O4. The zero-order valence-corrected chi connectivity index (χ0v) is 26.6. The smallest absolute Gasteiger partial charge is 0.282 e. The van der Waals surface area contributed by atoms with E-state index in [4.69, 9.17) is 4.74 Å². The van der Waals surface area contributed by atoms with Crippen LogP contribution in [0.1, 0.15) is 42.3 Å². The molecule has 2 N–H and O–H groups in total. The van der Waals surface area contributed by atoms with Crippen molar-refractivity contribution >= 4 is 33.8 Å². The molecule has 4 aromatic heterocycles. The Morgan fingerprint density at radius 1 is 1.04 bits per heavy atom. The molecule has 0 aliphatic carbocycles. The van der Waals surface area contributed by atoms with Crippen LogP contribution < -0.4 is 10.9 Å². The van der Waals surface area contributed by atoms with E-state index < -0.39 is 18.0 Å². The topological polar surface area (TPSA) is 140 Å². The molecule has 1 aliphatic heterocycles. The van der Waals surface area contributed by atoms with Gasteiger partial charge in [-0.25, -0.2) is 18.9 Å². The number of ether oxygens (including phenoxy) is 1. The van der Waals surface area contributed by atoms with E-state index in [9.17, 15) is 14.7 Å². The fraction of sp³-hybridized carbons (Fsp3) is 0.257. The maximum atomic E-state index is 15.4. The number of hydrogen-bond donors (Lipinski definition) is 2. The highest BCUT2D eigenvalue weighted by Gasteiger charge is 2.22. The molecule has 2 aromatic carbocycles. The van der Waals surface area contributed by atoms with Crippen molar-refractivity contribution in [1.82, 2.24) is 34.3 Å². The highest BCUT2D eigenvalue weighted by molar-refractivity contribution is 5.94. The quantitative estimate of drug-likeness (QED) is 0.265. The first-order chi connectivity index (χ1) is 23.1. The number of anilines is 2. The first kappa shape index (κ1) is 31.1. The summed E-state index contributed by atoms with van der Waals surface area (Å²) in [5.74, 6) is -0.247. The number of nitrogens with one attached hydrogen (secondary N) is 1. The molecule has 1 aliphatic rings. The summed E-state index contributed by atoms with van der Waals surface area (Å²) in [6, 6.07) is 13.7. The van der Waals surface area contributed by atoms with Gasteiger partial charge in [0.2, 0.25) is 0 Å². The van der Waals surface area contributed by atoms with Crippen molar-refractivity contribution in [3.8, 4) is 16.8 Å². The standard InChI is InChI=1S/C35H33FN8O4/c1-35(2,3)24-13-22-17-39-44(34(47)31(22)27(36)15-24)29-6-4-5-25(26(29)19-45)23-14-28(32-38-20-40-43(32)18-23)41-30-8-7-21(16-37-30)33(46)42-9-11-48-12-10-42/h4-8,13-18,20,45H,9-12,19H2,1-3H3,(H,37,41). The minimum absolute atomic E-state index is 0.0759. The van der Waals surface area contributed by atoms with E-state index in [1.165, 1.54) is 24.8 Å². The van der Waals surface area contributed by atoms with Crippen LogP contribution in [0, 0.1) is 5.82 Å². The van der Waals surface area contributed by atoms with Crippen molar-refractivity contribution in [1.29, 1.82) is 0 Å². The SMILES string of the molecule is CC(C)(C)c1cc(F)c2c(=O)n(-c3cccc(-c4cc(Nc5ccc(C(=O)N6CCOCC6)cn5)c5ncnn5c4)c3CO)ncc2c1. The first-order valence-corrected chi connectivity index (χ1v) is 15.5. The summed E-state index contributed by atoms with van der Waals surface area (Å²) < 4.78 is 23.5. The molecular weight excluding hydrogens is 615 g/mol. The summed E-state index contributed by atoms with van der Waals surface area (Å²) in [6.07, 6.45) is 6.18. The number of amides is 1. The van der Waals surface area contributed by atoms with E-state index in [0.29, 0.717) is 76.8 Å². The van der Waals surface area contributed by atoms with E-state index in [1.54, 1.807) is 45.9 Å². The average molecular weight is 649 g/mol. The number of carbonyl (C=O) groups excluding carboxylic acids is 1. The first-order valence-electron chi connectivity index (χ1n) is 15.5. The Bertz CT molecular complexity index is 2240. The lowest BCUT2D eigenvalue weighted by Gasteiger charge is -2.26. The molecule has 0 saturated carbocycles. The Balaban J connectivity index is 1.26. The van der Waals surface area contributed by atoms with Gasteiger partial charge >= 0.3 is 0 Å². The molecule has 13 heteroatoms. The maximum absolute atomic E-state index is 15.4. The Labute approximate surface area is 274 Å². The number of aliphatic hydroxyl groups is 1. The molecule has 0 spiro atoms. The van der Waals surface area contributed by atoms with Crippen molar-refractivity contribution in [2.24, 2.45) is 0 Å². The molecule has 0 unspecified atom stereocenters. The molecule has 12 nitrogen and oxygen atoms in total. The molecule has 0 bridgehead atoms. The lowest BCUT2D eigenvalue weighted by molar-refractivity contribution is 0.0302. The van der Waals surface area contributed by atoms with Crippen molar-refractivity contribution in [3.63, 3.8) is 0 Å². The van der Waals surface area contributed by atoms with Crippen LogP contribution in [0.15, 0.2) is 78.2 Å². The van der Waals surface area contributed by atoms with Gasteiger partial charge in [-0.15, -0.1) is 0 Å². The third kappa shape index (κ3) is 5.67. The van der Waals surface area contributed by atoms with Crippen molar-refractivity contribution in [2.45, 2.75) is 32.8 Å². The fourth-order valence-corrected chi connectivity index (χ4v) is 5.90. The normalized spacial score (nSPS) is 13.7. The van der Waals surface area contributed by atoms with Crippen molar-refractivity contribution in [2.75, 3.05) is 31.6 Å². The van der Waals surface area contributed by atoms with E-state index in [2.05, 4.69) is 25.5 Å². The Morgan fingerprint density at radius 3 is 2.58 bits per heavy atom. The predicted molar refractivity (Wildman–Crippen MR) is 178 cm³/mol. The molecule has 0 radical (unpaired) electrons. The van der Waals surface area contributed by atoms with E-state index >= 15 is 4.39 Å². The lowest BCUT2D eigenvalue weighted by atomic mass is 9.86. The van der Waals surface area contributed by atoms with Gasteiger partial charge in [0.15, 0.2) is 5.65 Å². The molecule has 6 aromatic rings. The summed E-state index contributed by atoms with van der Waals surface area (Å²) in [4.78, 5) is 37.2. The Kier molecular flexibility index (Phi) is 7.93. The molecule has 1 saturated heterocycles. The third-order valence-electron chi connectivity index (χ3n) is 8.50. The van der Waals surface area contributed by atoms with Gasteiger partial charge in [-0.1, -0.05) is 32.9 Å². The van der Waals surface area contributed by atoms with Gasteiger partial charge in [0.25, 0.3) is 11.5 Å². The van der Waals surface area contributed by atoms with Gasteiger partial charge in [-0.2, -0.15) is 14.9 Å². The number of carbonyl (C=O) groups is 1. The Hall–Kier alpha value is -5.53. The highest BCUT2D eigenvalue weighted by atomic mass is 19.1. The van der Waals surface area contributed by atoms with Gasteiger partial charge in [0.1, 0.15) is 18.0 Å². The van der Waals surface area contributed by atoms with Crippen LogP contribution in [0.25, 0.3) is 33.2 Å². The van der Waals surface area contributed by atoms with Crippen LogP contribution in [-0.2, 0) is 16.8 Å². The van der Waals surface area contributed by atoms with Crippen LogP contribution in [0.4, 0.5) is 15.9 Å². The van der Waals surface area contributed by atoms with Crippen LogP contribution in [0.2, 0.25) is 0 Å². The number of fused-ring (bicyclic) bond motifs is 2. The van der Waals surface area contributed by atoms with Gasteiger partial charge in [0.05, 0.1) is 48.3 Å². The zero-order valence-electron chi connectivity index (χ0n) is 26.6. The van der Waals surface area contributed by atoms with E-state index in [1.807, 2.05) is 32.9 Å². The number of aliphatic hydroxyl groups excluding tert-OH is 1. The average Bonchev–Trinajstić information content (AvgIpc) is 3.57. The monoisotopic (exact) mass is 648 g/mol. The van der Waals surface area contributed by atoms with Crippen LogP contribution in [-0.4, -0.2) is 71.6 Å². The highest BCUT2D eigenvalue weighted by Crippen LogP contribution is 2.33. The number of morpholine rings is 1. The summed E-state index contributed by atoms with van der Waals surface area (Å²) >= 11 is 0. The zero-order chi connectivity index (χ0) is 33.6. The summed E-state index contributed by atoms with van der Waals surface area (Å²) in [7, 11) is 0. The van der Waals surface area contributed by atoms with Crippen molar-refractivity contribution < 1.29 is 19.0 Å². The number of pyridine rings is 2. The lowest BCUT2D eigenvalue weighted by Crippen LogP contribution is -2.40. The molecule has 0 atom stereocenters. The summed E-state index contributed by atoms with van der Waals surface area (Å²) in [5, 5.41) is 23.0. The second kappa shape index (κ2) is 12.2. The summed E-state index contributed by atoms with van der Waals surface area (Å²) in [6.45, 7) is 7.58. The minimum Gasteiger partial charge on any atom is -0.392 e. The maximum Gasteiger partial charge on any atom is 0.282 e. The number of hydrogen-bond acceptors (Lipinski definition) is 9. The van der Waals surface area contributed by atoms with Gasteiger partial charge in [-0.3, -0.25) is 9.59 Å². The third-order valence-corrected chi connectivity index (χ3v) is 8.50. The largest absolute Gasteiger partial charge is 0.392 e. The van der Waals surface area contributed by atoms with Crippen LogP contribution >= 0.6 is 0 Å². The second-order valence-electron chi connectivity index (χ2n) is 12.6. The minimum atomic E-state index is -0.631. The number of aromatic nitrogens is 6. The number of nitrogens with zero attached hydrogens (tertiary/aromatic N) is 7. The Morgan fingerprint density at radius 2 is 1.85 bits per heavy atom. The number of rotatable bonds is 6.